The highest BCUT2D eigenvalue weighted by Crippen LogP contribution is 2.19. The van der Waals surface area contributed by atoms with Gasteiger partial charge in [0.25, 0.3) is 5.91 Å². The maximum absolute atomic E-state index is 12.2. The van der Waals surface area contributed by atoms with Crippen molar-refractivity contribution in [3.63, 3.8) is 0 Å². The number of carbonyl (C=O) groups is 2. The molecule has 0 spiro atoms. The SMILES string of the molecule is CNC(=O)Cc1cnc(NC(=O)c2cn3cc(Cl)ccc3n2)s1. The molecule has 2 amide bonds. The standard InChI is InChI=1S/C14H12ClN5O2S/c1-16-12(21)4-9-5-17-14(23-9)19-13(22)10-7-20-6-8(15)2-3-11(20)18-10/h2-3,5-7H,4H2,1H3,(H,16,21)(H,17,19,22). The first-order valence-corrected chi connectivity index (χ1v) is 7.85. The van der Waals surface area contributed by atoms with Crippen LogP contribution in [0.15, 0.2) is 30.7 Å². The summed E-state index contributed by atoms with van der Waals surface area (Å²) < 4.78 is 1.68. The van der Waals surface area contributed by atoms with Crippen molar-refractivity contribution < 1.29 is 9.59 Å². The molecule has 0 saturated heterocycles. The van der Waals surface area contributed by atoms with Gasteiger partial charge in [-0.05, 0) is 12.1 Å². The van der Waals surface area contributed by atoms with E-state index in [2.05, 4.69) is 20.6 Å². The van der Waals surface area contributed by atoms with Crippen molar-refractivity contribution in [2.24, 2.45) is 0 Å². The number of fused-ring (bicyclic) bond motifs is 1. The Kier molecular flexibility index (Phi) is 4.26. The molecule has 9 heteroatoms. The number of likely N-dealkylation sites (N-methyl/N-ethyl adjacent to an activating group) is 1. The maximum Gasteiger partial charge on any atom is 0.277 e. The van der Waals surface area contributed by atoms with E-state index in [1.807, 2.05) is 0 Å². The number of carbonyl (C=O) groups excluding carboxylic acids is 2. The molecular formula is C14H12ClN5O2S. The van der Waals surface area contributed by atoms with Crippen LogP contribution in [-0.4, -0.2) is 33.2 Å². The first-order valence-electron chi connectivity index (χ1n) is 6.66. The summed E-state index contributed by atoms with van der Waals surface area (Å²) in [6.07, 6.45) is 5.07. The minimum absolute atomic E-state index is 0.108. The van der Waals surface area contributed by atoms with Crippen LogP contribution in [0.2, 0.25) is 5.02 Å². The van der Waals surface area contributed by atoms with Gasteiger partial charge in [0.05, 0.1) is 11.4 Å². The second-order valence-corrected chi connectivity index (χ2v) is 6.23. The van der Waals surface area contributed by atoms with Crippen LogP contribution in [0.25, 0.3) is 5.65 Å². The molecule has 0 saturated carbocycles. The van der Waals surface area contributed by atoms with E-state index in [1.165, 1.54) is 11.3 Å². The molecule has 3 heterocycles. The molecule has 2 N–H and O–H groups in total. The summed E-state index contributed by atoms with van der Waals surface area (Å²) in [6.45, 7) is 0. The van der Waals surface area contributed by atoms with Gasteiger partial charge < -0.3 is 9.72 Å². The number of pyridine rings is 1. The predicted octanol–water partition coefficient (Wildman–Crippen LogP) is 1.98. The van der Waals surface area contributed by atoms with Gasteiger partial charge in [-0.15, -0.1) is 11.3 Å². The number of thiazole rings is 1. The Hall–Kier alpha value is -2.45. The lowest BCUT2D eigenvalue weighted by atomic mass is 10.4. The molecule has 3 aromatic rings. The third-order valence-corrected chi connectivity index (χ3v) is 4.17. The van der Waals surface area contributed by atoms with E-state index < -0.39 is 0 Å². The minimum atomic E-state index is -0.370. The fourth-order valence-corrected chi connectivity index (χ4v) is 2.90. The van der Waals surface area contributed by atoms with Crippen LogP contribution >= 0.6 is 22.9 Å². The van der Waals surface area contributed by atoms with E-state index in [9.17, 15) is 9.59 Å². The third kappa shape index (κ3) is 3.49. The monoisotopic (exact) mass is 349 g/mol. The number of hydrogen-bond donors (Lipinski definition) is 2. The van der Waals surface area contributed by atoms with Crippen molar-refractivity contribution in [1.29, 1.82) is 0 Å². The molecule has 0 aliphatic carbocycles. The van der Waals surface area contributed by atoms with Gasteiger partial charge in [0.2, 0.25) is 5.91 Å². The lowest BCUT2D eigenvalue weighted by Gasteiger charge is -1.97. The Morgan fingerprint density at radius 1 is 1.35 bits per heavy atom. The average molecular weight is 350 g/mol. The first kappa shape index (κ1) is 15.4. The fraction of sp³-hybridized carbons (Fsp3) is 0.143. The summed E-state index contributed by atoms with van der Waals surface area (Å²) in [4.78, 5) is 32.6. The summed E-state index contributed by atoms with van der Waals surface area (Å²) in [6, 6.07) is 3.43. The number of hydrogen-bond acceptors (Lipinski definition) is 5. The highest BCUT2D eigenvalue weighted by molar-refractivity contribution is 7.15. The van der Waals surface area contributed by atoms with E-state index >= 15 is 0 Å². The zero-order chi connectivity index (χ0) is 16.4. The molecule has 0 aliphatic rings. The van der Waals surface area contributed by atoms with Gasteiger partial charge >= 0.3 is 0 Å². The Morgan fingerprint density at radius 2 is 2.17 bits per heavy atom. The highest BCUT2D eigenvalue weighted by atomic mass is 35.5. The lowest BCUT2D eigenvalue weighted by Crippen LogP contribution is -2.19. The summed E-state index contributed by atoms with van der Waals surface area (Å²) in [5.74, 6) is -0.477. The number of anilines is 1. The van der Waals surface area contributed by atoms with Crippen molar-refractivity contribution in [3.8, 4) is 0 Å². The van der Waals surface area contributed by atoms with E-state index in [4.69, 9.17) is 11.6 Å². The van der Waals surface area contributed by atoms with Gasteiger partial charge in [-0.25, -0.2) is 9.97 Å². The Bertz CT molecular complexity index is 888. The van der Waals surface area contributed by atoms with Gasteiger partial charge in [-0.1, -0.05) is 11.6 Å². The van der Waals surface area contributed by atoms with Crippen LogP contribution in [0.5, 0.6) is 0 Å². The van der Waals surface area contributed by atoms with Crippen molar-refractivity contribution in [2.75, 3.05) is 12.4 Å². The number of amides is 2. The van der Waals surface area contributed by atoms with E-state index in [-0.39, 0.29) is 23.9 Å². The van der Waals surface area contributed by atoms with Gasteiger partial charge in [-0.3, -0.25) is 14.9 Å². The van der Waals surface area contributed by atoms with Crippen LogP contribution < -0.4 is 10.6 Å². The third-order valence-electron chi connectivity index (χ3n) is 3.04. The number of rotatable bonds is 4. The zero-order valence-corrected chi connectivity index (χ0v) is 13.6. The topological polar surface area (TPSA) is 88.4 Å². The van der Waals surface area contributed by atoms with Crippen LogP contribution in [0.1, 0.15) is 15.4 Å². The summed E-state index contributed by atoms with van der Waals surface area (Å²) in [5.41, 5.74) is 0.884. The number of nitrogens with one attached hydrogen (secondary N) is 2. The fourth-order valence-electron chi connectivity index (χ4n) is 1.93. The molecule has 0 atom stereocenters. The Balaban J connectivity index is 1.74. The van der Waals surface area contributed by atoms with Gasteiger partial charge in [0, 0.05) is 30.5 Å². The normalized spacial score (nSPS) is 10.7. The first-order chi connectivity index (χ1) is 11.0. The number of aromatic nitrogens is 3. The maximum atomic E-state index is 12.2. The van der Waals surface area contributed by atoms with Crippen molar-refractivity contribution >= 4 is 45.5 Å². The molecular weight excluding hydrogens is 338 g/mol. The molecule has 0 radical (unpaired) electrons. The second kappa shape index (κ2) is 6.35. The minimum Gasteiger partial charge on any atom is -0.359 e. The lowest BCUT2D eigenvalue weighted by molar-refractivity contribution is -0.119. The molecule has 118 valence electrons. The quantitative estimate of drug-likeness (QED) is 0.754. The van der Waals surface area contributed by atoms with Gasteiger partial charge in [0.15, 0.2) is 5.13 Å². The highest BCUT2D eigenvalue weighted by Gasteiger charge is 2.14. The molecule has 3 rings (SSSR count). The van der Waals surface area contributed by atoms with Crippen LogP contribution in [-0.2, 0) is 11.2 Å². The number of imidazole rings is 1. The summed E-state index contributed by atoms with van der Waals surface area (Å²) in [7, 11) is 1.57. The second-order valence-electron chi connectivity index (χ2n) is 4.67. The summed E-state index contributed by atoms with van der Waals surface area (Å²) in [5, 5.41) is 6.19. The van der Waals surface area contributed by atoms with E-state index in [0.717, 1.165) is 4.88 Å². The molecule has 7 nitrogen and oxygen atoms in total. The van der Waals surface area contributed by atoms with Crippen LogP contribution in [0.3, 0.4) is 0 Å². The molecule has 0 aromatic carbocycles. The molecule has 0 bridgehead atoms. The molecule has 0 aliphatic heterocycles. The molecule has 23 heavy (non-hydrogen) atoms. The Morgan fingerprint density at radius 3 is 2.96 bits per heavy atom. The van der Waals surface area contributed by atoms with Crippen molar-refractivity contribution in [3.05, 3.63) is 46.3 Å². The number of halogens is 1. The van der Waals surface area contributed by atoms with Gasteiger partial charge in [0.1, 0.15) is 11.3 Å². The van der Waals surface area contributed by atoms with Crippen molar-refractivity contribution in [2.45, 2.75) is 6.42 Å². The van der Waals surface area contributed by atoms with Gasteiger partial charge in [-0.2, -0.15) is 0 Å². The van der Waals surface area contributed by atoms with Crippen LogP contribution in [0, 0.1) is 0 Å². The number of nitrogens with zero attached hydrogens (tertiary/aromatic N) is 3. The smallest absolute Gasteiger partial charge is 0.277 e. The molecule has 0 unspecified atom stereocenters. The van der Waals surface area contributed by atoms with Crippen LogP contribution in [0.4, 0.5) is 5.13 Å². The zero-order valence-electron chi connectivity index (χ0n) is 12.0. The largest absolute Gasteiger partial charge is 0.359 e. The Labute approximate surface area is 140 Å². The molecule has 0 fully saturated rings. The molecule has 3 aromatic heterocycles. The summed E-state index contributed by atoms with van der Waals surface area (Å²) >= 11 is 7.15. The average Bonchev–Trinajstić information content (AvgIpc) is 3.13. The van der Waals surface area contributed by atoms with E-state index in [0.29, 0.717) is 15.8 Å². The predicted molar refractivity (Wildman–Crippen MR) is 88.0 cm³/mol. The van der Waals surface area contributed by atoms with Crippen molar-refractivity contribution in [1.82, 2.24) is 19.7 Å². The van der Waals surface area contributed by atoms with E-state index in [1.54, 1.807) is 42.2 Å².